The number of hydrogen-bond donors (Lipinski definition) is 6. The van der Waals surface area contributed by atoms with Crippen LogP contribution in [0, 0.1) is 26.7 Å². The Kier molecular flexibility index (Phi) is 40.0. The van der Waals surface area contributed by atoms with Crippen molar-refractivity contribution in [1.29, 1.82) is 0 Å². The first-order valence-electron chi connectivity index (χ1n) is 50.5. The highest BCUT2D eigenvalue weighted by molar-refractivity contribution is 6.30. The van der Waals surface area contributed by atoms with E-state index in [0.717, 1.165) is 122 Å². The average Bonchev–Trinajstić information content (AvgIpc) is 1.42. The molecule has 752 valence electrons. The van der Waals surface area contributed by atoms with Gasteiger partial charge in [-0.05, 0) is 227 Å². The molecule has 0 bridgehead atoms. The number of ether oxygens (including phenoxy) is 1. The van der Waals surface area contributed by atoms with Gasteiger partial charge >= 0.3 is 6.09 Å². The molecule has 28 nitrogen and oxygen atoms in total. The summed E-state index contributed by atoms with van der Waals surface area (Å²) in [6, 6.07) is 60.5. The summed E-state index contributed by atoms with van der Waals surface area (Å²) < 4.78 is 10.2. The van der Waals surface area contributed by atoms with E-state index < -0.39 is 24.2 Å². The first-order chi connectivity index (χ1) is 68.7. The normalized spacial score (nSPS) is 14.1. The van der Waals surface area contributed by atoms with Crippen molar-refractivity contribution in [3.63, 3.8) is 0 Å². The Morgan fingerprint density at radius 2 is 0.669 bits per heavy atom. The number of hydrogen-bond acceptors (Lipinski definition) is 16. The van der Waals surface area contributed by atoms with Crippen molar-refractivity contribution in [1.82, 2.24) is 58.7 Å². The number of carbonyl (C=O) groups excluding carboxylic acids is 9. The smallest absolute Gasteiger partial charge is 0.411 e. The van der Waals surface area contributed by atoms with Crippen molar-refractivity contribution in [2.45, 2.75) is 236 Å². The summed E-state index contributed by atoms with van der Waals surface area (Å²) in [5.41, 5.74) is 15.3. The van der Waals surface area contributed by atoms with Crippen LogP contribution >= 0.6 is 11.6 Å². The number of aliphatic hydroxyl groups is 3. The van der Waals surface area contributed by atoms with E-state index in [2.05, 4.69) is 57.5 Å². The van der Waals surface area contributed by atoms with Crippen LogP contribution < -0.4 is 16.0 Å². The lowest BCUT2D eigenvalue weighted by molar-refractivity contribution is -0.117. The number of rotatable bonds is 41. The Morgan fingerprint density at radius 1 is 0.380 bits per heavy atom. The monoisotopic (exact) mass is 1950 g/mol. The number of aliphatic hydroxyl groups excluding tert-OH is 3. The molecule has 3 atom stereocenters. The second kappa shape index (κ2) is 52.9. The number of halogens is 1. The van der Waals surface area contributed by atoms with Gasteiger partial charge in [0, 0.05) is 111 Å². The lowest BCUT2D eigenvalue weighted by atomic mass is 9.93. The highest BCUT2D eigenvalue weighted by Crippen LogP contribution is 2.35. The van der Waals surface area contributed by atoms with E-state index in [-0.39, 0.29) is 91.6 Å². The number of nitrogens with one attached hydrogen (secondary N) is 3. The zero-order valence-corrected chi connectivity index (χ0v) is 84.9. The molecule has 6 heterocycles. The minimum atomic E-state index is -0.614. The molecule has 142 heavy (non-hydrogen) atoms. The van der Waals surface area contributed by atoms with Crippen LogP contribution in [0.4, 0.5) is 21.9 Å². The van der Waals surface area contributed by atoms with Gasteiger partial charge in [-0.3, -0.25) is 43.7 Å². The predicted molar refractivity (Wildman–Crippen MR) is 556 cm³/mol. The van der Waals surface area contributed by atoms with Crippen molar-refractivity contribution in [3.05, 3.63) is 301 Å². The molecular formula is C113H140ClN15O13. The highest BCUT2D eigenvalue weighted by Gasteiger charge is 2.38. The molecule has 0 fully saturated rings. The van der Waals surface area contributed by atoms with Crippen LogP contribution in [-0.4, -0.2) is 211 Å². The van der Waals surface area contributed by atoms with E-state index >= 15 is 0 Å². The van der Waals surface area contributed by atoms with Crippen LogP contribution in [0.1, 0.15) is 269 Å². The number of unbranched alkanes of at least 4 members (excludes halogenated alkanes) is 6. The van der Waals surface area contributed by atoms with Crippen LogP contribution in [0.15, 0.2) is 200 Å². The molecule has 6 N–H and O–H groups in total. The summed E-state index contributed by atoms with van der Waals surface area (Å²) in [5, 5.41) is 54.6. The maximum Gasteiger partial charge on any atom is 0.411 e. The molecule has 0 saturated heterocycles. The van der Waals surface area contributed by atoms with Crippen LogP contribution in [0.3, 0.4) is 0 Å². The molecule has 0 radical (unpaired) electrons. The first kappa shape index (κ1) is 107. The number of aryl methyl sites for hydroxylation is 5. The molecule has 0 spiro atoms. The fourth-order valence-electron chi connectivity index (χ4n) is 18.0. The summed E-state index contributed by atoms with van der Waals surface area (Å²) in [6.45, 7) is 26.8. The fraction of sp³-hybridized carbons (Fsp3) is 0.416. The molecule has 14 rings (SSSR count). The van der Waals surface area contributed by atoms with Crippen LogP contribution in [0.25, 0.3) is 17.1 Å². The van der Waals surface area contributed by atoms with Crippen molar-refractivity contribution in [3.8, 4) is 17.1 Å². The molecular weight excluding hydrogens is 1810 g/mol. The number of amides is 9. The van der Waals surface area contributed by atoms with E-state index in [9.17, 15) is 58.5 Å². The SMILES string of the molecule is CCCCN(CCCC)C(=O)c1cc(C)n(-c2ccc(NC(=O)CCc3ccc(Cl)cc3)cc2C(=O)N2Cc3ccccc3C[C@H]2CO)n1.CCCCN(CCCC)C(=O)c1cc(C)n(-c2ccc(NC(=O)CCc3ccccc3)cc2C(=O)N2Cc3ccccc3C[C@H]2CO)n1.CCCCN(CCCC)C(=O)c1cc(C)n(-c2ccc(NC(=O)OCC(C)C)cc2C(=O)N2Cc3ccccc3C[C@H]2CO)n1. The molecule has 0 aliphatic carbocycles. The number of anilines is 3. The van der Waals surface area contributed by atoms with Gasteiger partial charge in [0.1, 0.15) is 0 Å². The van der Waals surface area contributed by atoms with Gasteiger partial charge in [-0.15, -0.1) is 0 Å². The first-order valence-corrected chi connectivity index (χ1v) is 50.9. The molecule has 8 aromatic carbocycles. The van der Waals surface area contributed by atoms with Crippen molar-refractivity contribution in [2.75, 3.05) is 81.6 Å². The Morgan fingerprint density at radius 3 is 0.965 bits per heavy atom. The number of carbonyl (C=O) groups is 9. The molecule has 3 aliphatic rings. The van der Waals surface area contributed by atoms with E-state index in [1.54, 1.807) is 114 Å². The van der Waals surface area contributed by atoms with E-state index in [1.165, 1.54) is 0 Å². The third-order valence-corrected chi connectivity index (χ3v) is 26.4. The minimum Gasteiger partial charge on any atom is -0.449 e. The Balaban J connectivity index is 0.000000190. The maximum absolute atomic E-state index is 14.5. The van der Waals surface area contributed by atoms with Gasteiger partial charge in [-0.1, -0.05) is 221 Å². The Bertz CT molecular complexity index is 6110. The molecule has 0 unspecified atom stereocenters. The fourth-order valence-corrected chi connectivity index (χ4v) is 18.1. The van der Waals surface area contributed by atoms with Crippen LogP contribution in [0.5, 0.6) is 0 Å². The summed E-state index contributed by atoms with van der Waals surface area (Å²) in [4.78, 5) is 134. The maximum atomic E-state index is 14.5. The summed E-state index contributed by atoms with van der Waals surface area (Å²) in [6.07, 6.45) is 14.0. The third-order valence-electron chi connectivity index (χ3n) is 26.1. The Hall–Kier alpha value is -13.4. The largest absolute Gasteiger partial charge is 0.449 e. The summed E-state index contributed by atoms with van der Waals surface area (Å²) in [7, 11) is 0. The molecule has 0 saturated carbocycles. The number of nitrogens with zero attached hydrogens (tertiary/aromatic N) is 12. The molecule has 3 aromatic heterocycles. The molecule has 29 heteroatoms. The predicted octanol–water partition coefficient (Wildman–Crippen LogP) is 19.3. The topological polar surface area (TPSA) is 333 Å². The summed E-state index contributed by atoms with van der Waals surface area (Å²) >= 11 is 6.01. The third kappa shape index (κ3) is 28.3. The van der Waals surface area contributed by atoms with Crippen molar-refractivity contribution < 1.29 is 63.2 Å². The quantitative estimate of drug-likeness (QED) is 0.0207. The van der Waals surface area contributed by atoms with Gasteiger partial charge in [-0.25, -0.2) is 18.8 Å². The average molecular weight is 1950 g/mol. The second-order valence-corrected chi connectivity index (χ2v) is 37.9. The number of benzene rings is 8. The van der Waals surface area contributed by atoms with Crippen molar-refractivity contribution in [2.24, 2.45) is 5.92 Å². The molecule has 9 amide bonds. The molecule has 3 aliphatic heterocycles. The van der Waals surface area contributed by atoms with Crippen LogP contribution in [0.2, 0.25) is 5.02 Å². The zero-order chi connectivity index (χ0) is 101. The van der Waals surface area contributed by atoms with E-state index in [4.69, 9.17) is 31.6 Å². The van der Waals surface area contributed by atoms with Gasteiger partial charge in [-0.2, -0.15) is 15.3 Å². The second-order valence-electron chi connectivity index (χ2n) is 37.5. The van der Waals surface area contributed by atoms with E-state index in [0.29, 0.717) is 182 Å². The van der Waals surface area contributed by atoms with Crippen molar-refractivity contribution >= 4 is 82.0 Å². The van der Waals surface area contributed by atoms with Gasteiger partial charge in [0.15, 0.2) is 17.1 Å². The summed E-state index contributed by atoms with van der Waals surface area (Å²) in [5.74, 6) is -1.45. The van der Waals surface area contributed by atoms with E-state index in [1.807, 2.05) is 165 Å². The zero-order valence-electron chi connectivity index (χ0n) is 84.2. The molecule has 11 aromatic rings. The lowest BCUT2D eigenvalue weighted by Crippen LogP contribution is -2.46. The lowest BCUT2D eigenvalue weighted by Gasteiger charge is -2.36. The van der Waals surface area contributed by atoms with Gasteiger partial charge in [0.05, 0.1) is 78.3 Å². The van der Waals surface area contributed by atoms with Crippen LogP contribution in [-0.2, 0) is 66.1 Å². The number of aromatic nitrogens is 6. The highest BCUT2D eigenvalue weighted by atomic mass is 35.5. The van der Waals surface area contributed by atoms with Gasteiger partial charge in [0.25, 0.3) is 35.4 Å². The Labute approximate surface area is 840 Å². The van der Waals surface area contributed by atoms with Gasteiger partial charge < -0.3 is 60.1 Å². The minimum absolute atomic E-state index is 0.123. The number of fused-ring (bicyclic) bond motifs is 3. The standard InChI is InChI=1S/C39H46ClN5O4.C39H47N5O4.C35H47N5O5/c1-4-6-20-43(21-7-5-2)39(49)35-22-27(3)45(42-35)36-18-17-32(41-37(47)19-14-28-12-15-31(40)16-13-28)24-34(36)38(48)44-25-30-11-9-8-10-29(30)23-33(44)26-46;1-4-6-21-42(22-7-5-2)39(48)35-23-28(3)44(41-35)36-19-18-32(40-37(46)20-17-29-13-9-8-10-14-29)25-34(36)38(47)43-26-31-16-12-11-15-30(31)24-33(43)27-45;1-6-8-16-38(17-9-7-2)34(43)31-18-25(5)40(37-31)32-15-14-28(36-35(44)45-23-24(3)4)20-30(32)33(42)39-21-27-13-11-10-12-26(27)19-29(39)22-41/h8-13,15-18,22,24,33,46H,4-7,14,19-21,23,25-26H2,1-3H3,(H,41,47);8-16,18-19,23,25,33,45H,4-7,17,20-22,24,26-27H2,1-3H3,(H,40,46);10-15,18,20,24,29,41H,6-9,16-17,19,21-23H2,1-5H3,(H,36,44)/t2*33-;29-/m000/s1. The van der Waals surface area contributed by atoms with Gasteiger partial charge in [0.2, 0.25) is 11.8 Å².